The number of fused-ring (bicyclic) bond motifs is 2. The van der Waals surface area contributed by atoms with Gasteiger partial charge in [0, 0.05) is 0 Å². The van der Waals surface area contributed by atoms with E-state index in [0.717, 1.165) is 31.2 Å². The number of carboxylic acid groups (broad SMARTS) is 1. The minimum atomic E-state index is -0.807. The lowest BCUT2D eigenvalue weighted by Gasteiger charge is -2.28. The molecule has 0 spiro atoms. The van der Waals surface area contributed by atoms with Crippen LogP contribution in [0.1, 0.15) is 69.5 Å². The topological polar surface area (TPSA) is 66.4 Å². The number of carbonyl (C=O) groups excluding carboxylic acids is 1. The van der Waals surface area contributed by atoms with E-state index in [9.17, 15) is 14.7 Å². The van der Waals surface area contributed by atoms with Crippen LogP contribution in [0.15, 0.2) is 24.3 Å². The fourth-order valence-corrected chi connectivity index (χ4v) is 4.77. The molecule has 1 aromatic carbocycles. The van der Waals surface area contributed by atoms with Gasteiger partial charge in [-0.05, 0) is 61.5 Å². The largest absolute Gasteiger partial charge is 0.481 e. The molecule has 0 saturated heterocycles. The molecule has 2 saturated carbocycles. The average molecular weight is 343 g/mol. The molecule has 1 amide bonds. The van der Waals surface area contributed by atoms with E-state index in [0.29, 0.717) is 5.92 Å². The van der Waals surface area contributed by atoms with Gasteiger partial charge in [0.1, 0.15) is 0 Å². The smallest absolute Gasteiger partial charge is 0.307 e. The predicted molar refractivity (Wildman–Crippen MR) is 97.2 cm³/mol. The van der Waals surface area contributed by atoms with Gasteiger partial charge in [0.15, 0.2) is 0 Å². The molecule has 2 fully saturated rings. The Morgan fingerprint density at radius 1 is 1.08 bits per heavy atom. The lowest BCUT2D eigenvalue weighted by atomic mass is 9.78. The molecule has 0 unspecified atom stereocenters. The van der Waals surface area contributed by atoms with Gasteiger partial charge in [-0.3, -0.25) is 9.59 Å². The number of amides is 1. The third-order valence-corrected chi connectivity index (χ3v) is 6.48. The summed E-state index contributed by atoms with van der Waals surface area (Å²) >= 11 is 0. The first kappa shape index (κ1) is 18.0. The molecule has 2 aliphatic carbocycles. The monoisotopic (exact) mass is 343 g/mol. The van der Waals surface area contributed by atoms with Crippen LogP contribution in [0.5, 0.6) is 0 Å². The van der Waals surface area contributed by atoms with Gasteiger partial charge in [-0.2, -0.15) is 0 Å². The van der Waals surface area contributed by atoms with E-state index in [1.165, 1.54) is 5.56 Å². The Bertz CT molecular complexity index is 639. The normalized spacial score (nSPS) is 30.0. The lowest BCUT2D eigenvalue weighted by molar-refractivity contribution is -0.149. The highest BCUT2D eigenvalue weighted by Crippen LogP contribution is 2.52. The molecule has 3 rings (SSSR count). The zero-order valence-corrected chi connectivity index (χ0v) is 15.4. The molecule has 2 aliphatic rings. The van der Waals surface area contributed by atoms with Gasteiger partial charge in [0.25, 0.3) is 0 Å². The maximum absolute atomic E-state index is 12.8. The molecule has 2 N–H and O–H groups in total. The molecule has 0 aromatic heterocycles. The van der Waals surface area contributed by atoms with Crippen LogP contribution in [-0.2, 0) is 9.59 Å². The Morgan fingerprint density at radius 3 is 2.20 bits per heavy atom. The number of rotatable bonds is 6. The van der Waals surface area contributed by atoms with Crippen LogP contribution in [-0.4, -0.2) is 17.0 Å². The Kier molecular flexibility index (Phi) is 5.16. The molecule has 4 nitrogen and oxygen atoms in total. The Balaban J connectivity index is 1.67. The minimum absolute atomic E-state index is 0.0851. The van der Waals surface area contributed by atoms with Gasteiger partial charge in [-0.25, -0.2) is 0 Å². The van der Waals surface area contributed by atoms with Crippen molar-refractivity contribution in [1.82, 2.24) is 5.32 Å². The number of hydrogen-bond donors (Lipinski definition) is 2. The molecule has 6 atom stereocenters. The molecule has 4 heteroatoms. The van der Waals surface area contributed by atoms with Gasteiger partial charge in [0.2, 0.25) is 5.91 Å². The Labute approximate surface area is 150 Å². The summed E-state index contributed by atoms with van der Waals surface area (Å²) in [7, 11) is 0. The third-order valence-electron chi connectivity index (χ3n) is 6.48. The van der Waals surface area contributed by atoms with Crippen molar-refractivity contribution in [3.63, 3.8) is 0 Å². The molecule has 136 valence electrons. The van der Waals surface area contributed by atoms with Crippen LogP contribution in [0, 0.1) is 23.7 Å². The van der Waals surface area contributed by atoms with Crippen LogP contribution < -0.4 is 5.32 Å². The molecule has 0 radical (unpaired) electrons. The second kappa shape index (κ2) is 7.19. The Morgan fingerprint density at radius 2 is 1.64 bits per heavy atom. The summed E-state index contributed by atoms with van der Waals surface area (Å²) in [6, 6.07) is 8.30. The maximum Gasteiger partial charge on any atom is 0.307 e. The number of aliphatic carboxylic acids is 1. The van der Waals surface area contributed by atoms with Crippen molar-refractivity contribution in [2.24, 2.45) is 23.7 Å². The molecule has 2 bridgehead atoms. The van der Waals surface area contributed by atoms with Crippen LogP contribution in [0.2, 0.25) is 0 Å². The van der Waals surface area contributed by atoms with E-state index < -0.39 is 11.9 Å². The number of hydrogen-bond acceptors (Lipinski definition) is 2. The lowest BCUT2D eigenvalue weighted by Crippen LogP contribution is -2.42. The van der Waals surface area contributed by atoms with Crippen molar-refractivity contribution in [3.05, 3.63) is 35.4 Å². The second-order valence-corrected chi connectivity index (χ2v) is 7.93. The molecule has 0 aliphatic heterocycles. The van der Waals surface area contributed by atoms with E-state index in [4.69, 9.17) is 0 Å². The highest BCUT2D eigenvalue weighted by molar-refractivity contribution is 5.86. The first-order chi connectivity index (χ1) is 11.9. The maximum atomic E-state index is 12.8. The van der Waals surface area contributed by atoms with Crippen LogP contribution in [0.3, 0.4) is 0 Å². The van der Waals surface area contributed by atoms with Crippen molar-refractivity contribution < 1.29 is 14.7 Å². The summed E-state index contributed by atoms with van der Waals surface area (Å²) in [4.78, 5) is 24.4. The van der Waals surface area contributed by atoms with E-state index in [1.807, 2.05) is 6.92 Å². The van der Waals surface area contributed by atoms with Crippen molar-refractivity contribution >= 4 is 11.9 Å². The second-order valence-electron chi connectivity index (χ2n) is 7.93. The van der Waals surface area contributed by atoms with Gasteiger partial charge in [0.05, 0.1) is 17.9 Å². The molecular weight excluding hydrogens is 314 g/mol. The SMILES string of the molecule is CC[C@@H](C)c1ccc([C@@H](C)NC(=O)[C@@H]2[C@@H]3CC[C@@H](C3)[C@@H]2C(=O)O)cc1. The van der Waals surface area contributed by atoms with Crippen molar-refractivity contribution in [3.8, 4) is 0 Å². The van der Waals surface area contributed by atoms with Gasteiger partial charge < -0.3 is 10.4 Å². The number of carboxylic acids is 1. The van der Waals surface area contributed by atoms with Gasteiger partial charge in [-0.1, -0.05) is 38.1 Å². The number of benzene rings is 1. The van der Waals surface area contributed by atoms with E-state index in [2.05, 4.69) is 43.4 Å². The highest BCUT2D eigenvalue weighted by Gasteiger charge is 2.54. The predicted octanol–water partition coefficient (Wildman–Crippen LogP) is 4.12. The molecular formula is C21H29NO3. The first-order valence-corrected chi connectivity index (χ1v) is 9.55. The van der Waals surface area contributed by atoms with Crippen LogP contribution >= 0.6 is 0 Å². The van der Waals surface area contributed by atoms with Crippen LogP contribution in [0.4, 0.5) is 0 Å². The summed E-state index contributed by atoms with van der Waals surface area (Å²) in [6.45, 7) is 6.36. The summed E-state index contributed by atoms with van der Waals surface area (Å²) in [6.07, 6.45) is 3.95. The first-order valence-electron chi connectivity index (χ1n) is 9.55. The van der Waals surface area contributed by atoms with Crippen LogP contribution in [0.25, 0.3) is 0 Å². The molecule has 25 heavy (non-hydrogen) atoms. The van der Waals surface area contributed by atoms with Crippen molar-refractivity contribution in [2.75, 3.05) is 0 Å². The summed E-state index contributed by atoms with van der Waals surface area (Å²) in [5, 5.41) is 12.6. The summed E-state index contributed by atoms with van der Waals surface area (Å²) in [5.41, 5.74) is 2.37. The van der Waals surface area contributed by atoms with Gasteiger partial charge >= 0.3 is 5.97 Å². The number of nitrogens with one attached hydrogen (secondary N) is 1. The van der Waals surface area contributed by atoms with Gasteiger partial charge in [-0.15, -0.1) is 0 Å². The zero-order chi connectivity index (χ0) is 18.1. The van der Waals surface area contributed by atoms with E-state index >= 15 is 0 Å². The fraction of sp³-hybridized carbons (Fsp3) is 0.619. The highest BCUT2D eigenvalue weighted by atomic mass is 16.4. The average Bonchev–Trinajstić information content (AvgIpc) is 3.22. The van der Waals surface area contributed by atoms with E-state index in [1.54, 1.807) is 0 Å². The van der Waals surface area contributed by atoms with Crippen molar-refractivity contribution in [1.29, 1.82) is 0 Å². The summed E-state index contributed by atoms with van der Waals surface area (Å²) in [5.74, 6) is -0.799. The third kappa shape index (κ3) is 3.44. The summed E-state index contributed by atoms with van der Waals surface area (Å²) < 4.78 is 0. The molecule has 0 heterocycles. The zero-order valence-electron chi connectivity index (χ0n) is 15.4. The quantitative estimate of drug-likeness (QED) is 0.816. The fourth-order valence-electron chi connectivity index (χ4n) is 4.77. The molecule has 1 aromatic rings. The number of carbonyl (C=O) groups is 2. The Hall–Kier alpha value is -1.84. The van der Waals surface area contributed by atoms with Crippen molar-refractivity contribution in [2.45, 2.75) is 58.4 Å². The minimum Gasteiger partial charge on any atom is -0.481 e. The van der Waals surface area contributed by atoms with E-state index in [-0.39, 0.29) is 29.7 Å². The standard InChI is InChI=1S/C21H29NO3/c1-4-12(2)14-5-7-15(8-6-14)13(3)22-20(23)18-16-9-10-17(11-16)19(18)21(24)25/h5-8,12-13,16-19H,4,9-11H2,1-3H3,(H,22,23)(H,24,25)/t12-,13-,16-,17+,18-,19+/m1/s1.